The van der Waals surface area contributed by atoms with Crippen molar-refractivity contribution in [2.45, 2.75) is 38.3 Å². The summed E-state index contributed by atoms with van der Waals surface area (Å²) in [5.74, 6) is 1.28. The molecule has 1 N–H and O–H groups in total. The number of thiophene rings is 1. The maximum atomic E-state index is 11.9. The molecule has 4 nitrogen and oxygen atoms in total. The second-order valence-electron chi connectivity index (χ2n) is 4.88. The van der Waals surface area contributed by atoms with Crippen molar-refractivity contribution >= 4 is 17.2 Å². The highest BCUT2D eigenvalue weighted by atomic mass is 32.1. The zero-order chi connectivity index (χ0) is 13.1. The summed E-state index contributed by atoms with van der Waals surface area (Å²) in [5, 5.41) is 5.18. The van der Waals surface area contributed by atoms with Gasteiger partial charge in [0, 0.05) is 42.7 Å². The van der Waals surface area contributed by atoms with E-state index < -0.39 is 0 Å². The molecule has 2 aromatic rings. The first-order valence-corrected chi connectivity index (χ1v) is 7.51. The summed E-state index contributed by atoms with van der Waals surface area (Å²) in [4.78, 5) is 17.5. The third-order valence-electron chi connectivity index (χ3n) is 3.48. The number of carbonyl (C=O) groups is 1. The molecule has 1 atom stereocenters. The molecule has 2 aromatic heterocycles. The number of hydrogen-bond donors (Lipinski definition) is 1. The molecule has 0 fully saturated rings. The van der Waals surface area contributed by atoms with E-state index in [0.29, 0.717) is 6.42 Å². The zero-order valence-electron chi connectivity index (χ0n) is 10.7. The van der Waals surface area contributed by atoms with Gasteiger partial charge in [-0.15, -0.1) is 11.3 Å². The number of hydrogen-bond acceptors (Lipinski definition) is 3. The minimum atomic E-state index is 0.155. The largest absolute Gasteiger partial charge is 0.352 e. The summed E-state index contributed by atoms with van der Waals surface area (Å²) >= 11 is 1.71. The second kappa shape index (κ2) is 5.57. The molecule has 1 aliphatic heterocycles. The zero-order valence-corrected chi connectivity index (χ0v) is 11.5. The summed E-state index contributed by atoms with van der Waals surface area (Å²) in [5.41, 5.74) is 0. The van der Waals surface area contributed by atoms with Crippen molar-refractivity contribution in [3.8, 4) is 0 Å². The van der Waals surface area contributed by atoms with Crippen LogP contribution in [0.25, 0.3) is 0 Å². The van der Waals surface area contributed by atoms with Crippen molar-refractivity contribution in [3.63, 3.8) is 0 Å². The molecule has 0 spiro atoms. The first kappa shape index (κ1) is 12.4. The lowest BCUT2D eigenvalue weighted by molar-refractivity contribution is -0.121. The van der Waals surface area contributed by atoms with E-state index >= 15 is 0 Å². The Bertz CT molecular complexity index is 547. The molecule has 0 unspecified atom stereocenters. The number of carbonyl (C=O) groups excluding carboxylic acids is 1. The molecule has 3 heterocycles. The highest BCUT2D eigenvalue weighted by Crippen LogP contribution is 2.14. The Kier molecular flexibility index (Phi) is 3.64. The predicted molar refractivity (Wildman–Crippen MR) is 75.1 cm³/mol. The van der Waals surface area contributed by atoms with Gasteiger partial charge in [0.1, 0.15) is 5.82 Å². The van der Waals surface area contributed by atoms with Gasteiger partial charge in [0.2, 0.25) is 5.91 Å². The lowest BCUT2D eigenvalue weighted by Crippen LogP contribution is -2.40. The van der Waals surface area contributed by atoms with E-state index in [1.54, 1.807) is 11.3 Å². The number of rotatable bonds is 4. The van der Waals surface area contributed by atoms with Crippen molar-refractivity contribution in [2.75, 3.05) is 0 Å². The molecule has 100 valence electrons. The van der Waals surface area contributed by atoms with Crippen molar-refractivity contribution in [2.24, 2.45) is 0 Å². The maximum Gasteiger partial charge on any atom is 0.220 e. The van der Waals surface area contributed by atoms with E-state index in [-0.39, 0.29) is 11.9 Å². The van der Waals surface area contributed by atoms with Crippen LogP contribution in [0.2, 0.25) is 0 Å². The number of nitrogens with one attached hydrogen (secondary N) is 1. The van der Waals surface area contributed by atoms with Crippen LogP contribution in [0, 0.1) is 0 Å². The molecule has 0 radical (unpaired) electrons. The van der Waals surface area contributed by atoms with Crippen LogP contribution >= 0.6 is 11.3 Å². The average Bonchev–Trinajstić information content (AvgIpc) is 3.07. The van der Waals surface area contributed by atoms with E-state index in [9.17, 15) is 4.79 Å². The Morgan fingerprint density at radius 2 is 2.53 bits per heavy atom. The number of nitrogens with zero attached hydrogens (tertiary/aromatic N) is 2. The summed E-state index contributed by atoms with van der Waals surface area (Å²) < 4.78 is 2.13. The Morgan fingerprint density at radius 3 is 3.37 bits per heavy atom. The van der Waals surface area contributed by atoms with E-state index in [0.717, 1.165) is 31.6 Å². The van der Waals surface area contributed by atoms with Gasteiger partial charge >= 0.3 is 0 Å². The van der Waals surface area contributed by atoms with Crippen LogP contribution in [0.3, 0.4) is 0 Å². The molecule has 0 bridgehead atoms. The van der Waals surface area contributed by atoms with Gasteiger partial charge in [-0.1, -0.05) is 6.07 Å². The number of aromatic nitrogens is 2. The average molecular weight is 275 g/mol. The molecule has 0 saturated heterocycles. The van der Waals surface area contributed by atoms with E-state index in [1.807, 2.05) is 18.5 Å². The fourth-order valence-electron chi connectivity index (χ4n) is 2.48. The van der Waals surface area contributed by atoms with Crippen LogP contribution in [0.4, 0.5) is 0 Å². The van der Waals surface area contributed by atoms with Gasteiger partial charge in [0.05, 0.1) is 0 Å². The molecule has 5 heteroatoms. The lowest BCUT2D eigenvalue weighted by atomic mass is 10.1. The minimum absolute atomic E-state index is 0.155. The van der Waals surface area contributed by atoms with Gasteiger partial charge in [0.25, 0.3) is 0 Å². The summed E-state index contributed by atoms with van der Waals surface area (Å²) in [7, 11) is 0. The van der Waals surface area contributed by atoms with Gasteiger partial charge in [-0.05, 0) is 24.3 Å². The topological polar surface area (TPSA) is 46.9 Å². The molecule has 1 aliphatic rings. The summed E-state index contributed by atoms with van der Waals surface area (Å²) in [6, 6.07) is 4.35. The van der Waals surface area contributed by atoms with Crippen molar-refractivity contribution < 1.29 is 4.79 Å². The van der Waals surface area contributed by atoms with Crippen LogP contribution in [0.15, 0.2) is 29.9 Å². The van der Waals surface area contributed by atoms with Crippen molar-refractivity contribution in [1.82, 2.24) is 14.9 Å². The SMILES string of the molecule is O=C(CCc1cccs1)N[C@@H]1CCc2nccn2C1. The third-order valence-corrected chi connectivity index (χ3v) is 4.42. The van der Waals surface area contributed by atoms with E-state index in [2.05, 4.69) is 26.3 Å². The van der Waals surface area contributed by atoms with Crippen LogP contribution < -0.4 is 5.32 Å². The number of imidazole rings is 1. The van der Waals surface area contributed by atoms with Crippen LogP contribution in [-0.2, 0) is 24.2 Å². The highest BCUT2D eigenvalue weighted by molar-refractivity contribution is 7.09. The van der Waals surface area contributed by atoms with Crippen LogP contribution in [0.1, 0.15) is 23.5 Å². The van der Waals surface area contributed by atoms with Gasteiger partial charge < -0.3 is 9.88 Å². The maximum absolute atomic E-state index is 11.9. The molecule has 1 amide bonds. The Labute approximate surface area is 116 Å². The predicted octanol–water partition coefficient (Wildman–Crippen LogP) is 2.01. The second-order valence-corrected chi connectivity index (χ2v) is 5.91. The number of aryl methyl sites for hydroxylation is 2. The van der Waals surface area contributed by atoms with Crippen LogP contribution in [0.5, 0.6) is 0 Å². The lowest BCUT2D eigenvalue weighted by Gasteiger charge is -2.24. The molecular weight excluding hydrogens is 258 g/mol. The number of fused-ring (bicyclic) bond motifs is 1. The fourth-order valence-corrected chi connectivity index (χ4v) is 3.18. The molecule has 0 saturated carbocycles. The molecule has 3 rings (SSSR count). The molecule has 0 aliphatic carbocycles. The first-order valence-electron chi connectivity index (χ1n) is 6.63. The normalized spacial score (nSPS) is 18.0. The first-order chi connectivity index (χ1) is 9.31. The highest BCUT2D eigenvalue weighted by Gasteiger charge is 2.19. The fraction of sp³-hybridized carbons (Fsp3) is 0.429. The smallest absolute Gasteiger partial charge is 0.220 e. The monoisotopic (exact) mass is 275 g/mol. The molecular formula is C14H17N3OS. The van der Waals surface area contributed by atoms with Gasteiger partial charge in [-0.3, -0.25) is 4.79 Å². The number of amides is 1. The van der Waals surface area contributed by atoms with Crippen molar-refractivity contribution in [1.29, 1.82) is 0 Å². The Balaban J connectivity index is 1.48. The van der Waals surface area contributed by atoms with E-state index in [4.69, 9.17) is 0 Å². The van der Waals surface area contributed by atoms with Crippen LogP contribution in [-0.4, -0.2) is 21.5 Å². The van der Waals surface area contributed by atoms with Gasteiger partial charge in [0.15, 0.2) is 0 Å². The third kappa shape index (κ3) is 3.04. The summed E-state index contributed by atoms with van der Waals surface area (Å²) in [6.45, 7) is 0.847. The molecule has 19 heavy (non-hydrogen) atoms. The van der Waals surface area contributed by atoms with Gasteiger partial charge in [-0.2, -0.15) is 0 Å². The molecule has 0 aromatic carbocycles. The minimum Gasteiger partial charge on any atom is -0.352 e. The Hall–Kier alpha value is -1.62. The van der Waals surface area contributed by atoms with Gasteiger partial charge in [-0.25, -0.2) is 4.98 Å². The quantitative estimate of drug-likeness (QED) is 0.928. The standard InChI is InChI=1S/C14H17N3OS/c18-14(6-4-12-2-1-9-19-12)16-11-3-5-13-15-7-8-17(13)10-11/h1-2,7-9,11H,3-6,10H2,(H,16,18)/t11-/m1/s1. The Morgan fingerprint density at radius 1 is 1.58 bits per heavy atom. The van der Waals surface area contributed by atoms with Crippen molar-refractivity contribution in [3.05, 3.63) is 40.6 Å². The van der Waals surface area contributed by atoms with E-state index in [1.165, 1.54) is 4.88 Å². The summed E-state index contributed by atoms with van der Waals surface area (Å²) in [6.07, 6.45) is 7.17.